The lowest BCUT2D eigenvalue weighted by Crippen LogP contribution is -2.56. The third kappa shape index (κ3) is 3.20. The molecule has 1 saturated heterocycles. The number of carbonyl (C=O) groups excluding carboxylic acids is 1. The lowest BCUT2D eigenvalue weighted by Gasteiger charge is -2.38. The van der Waals surface area contributed by atoms with Crippen molar-refractivity contribution in [1.29, 1.82) is 5.26 Å². The Labute approximate surface area is 126 Å². The zero-order chi connectivity index (χ0) is 14.7. The van der Waals surface area contributed by atoms with Gasteiger partial charge in [-0.25, -0.2) is 4.98 Å². The van der Waals surface area contributed by atoms with Gasteiger partial charge in [-0.2, -0.15) is 16.6 Å². The van der Waals surface area contributed by atoms with Gasteiger partial charge in [0.1, 0.15) is 6.10 Å². The van der Waals surface area contributed by atoms with E-state index in [1.165, 1.54) is 0 Å². The molecule has 3 heterocycles. The van der Waals surface area contributed by atoms with Gasteiger partial charge in [-0.3, -0.25) is 4.79 Å². The molecule has 0 spiro atoms. The zero-order valence-corrected chi connectivity index (χ0v) is 12.0. The smallest absolute Gasteiger partial charge is 0.227 e. The molecule has 1 aliphatic heterocycles. The second-order valence-electron chi connectivity index (χ2n) is 4.84. The minimum absolute atomic E-state index is 0.0436. The van der Waals surface area contributed by atoms with E-state index in [0.717, 1.165) is 5.56 Å². The normalized spacial score (nSPS) is 14.3. The minimum atomic E-state index is -0.0436. The molecule has 1 fully saturated rings. The van der Waals surface area contributed by atoms with Gasteiger partial charge in [0.2, 0.25) is 11.8 Å². The highest BCUT2D eigenvalue weighted by Gasteiger charge is 2.32. The first kappa shape index (κ1) is 13.6. The van der Waals surface area contributed by atoms with Crippen LogP contribution in [0.1, 0.15) is 11.1 Å². The topological polar surface area (TPSA) is 66.2 Å². The van der Waals surface area contributed by atoms with Gasteiger partial charge in [0.15, 0.2) is 0 Å². The van der Waals surface area contributed by atoms with E-state index in [2.05, 4.69) is 4.98 Å². The summed E-state index contributed by atoms with van der Waals surface area (Å²) < 4.78 is 5.65. The number of nitrogens with zero attached hydrogens (tertiary/aromatic N) is 3. The Bertz CT molecular complexity index is 672. The van der Waals surface area contributed by atoms with Crippen molar-refractivity contribution in [3.8, 4) is 11.9 Å². The van der Waals surface area contributed by atoms with Crippen molar-refractivity contribution >= 4 is 17.2 Å². The van der Waals surface area contributed by atoms with E-state index >= 15 is 0 Å². The summed E-state index contributed by atoms with van der Waals surface area (Å²) in [5.74, 6) is 0.552. The molecule has 0 saturated carbocycles. The van der Waals surface area contributed by atoms with Crippen LogP contribution >= 0.6 is 11.3 Å². The zero-order valence-electron chi connectivity index (χ0n) is 11.2. The number of ether oxygens (including phenoxy) is 1. The van der Waals surface area contributed by atoms with E-state index in [1.807, 2.05) is 22.9 Å². The number of likely N-dealkylation sites (tertiary alicyclic amines) is 1. The fraction of sp³-hybridized carbons (Fsp3) is 0.267. The Balaban J connectivity index is 1.49. The van der Waals surface area contributed by atoms with Gasteiger partial charge in [-0.1, -0.05) is 0 Å². The number of rotatable bonds is 4. The lowest BCUT2D eigenvalue weighted by molar-refractivity contribution is -0.139. The Morgan fingerprint density at radius 3 is 3.10 bits per heavy atom. The molecule has 2 aromatic rings. The van der Waals surface area contributed by atoms with Crippen LogP contribution in [0, 0.1) is 11.3 Å². The fourth-order valence-electron chi connectivity index (χ4n) is 2.11. The Morgan fingerprint density at radius 2 is 2.38 bits per heavy atom. The Morgan fingerprint density at radius 1 is 1.52 bits per heavy atom. The van der Waals surface area contributed by atoms with E-state index in [9.17, 15) is 4.79 Å². The number of aromatic nitrogens is 1. The summed E-state index contributed by atoms with van der Waals surface area (Å²) in [5, 5.41) is 12.8. The van der Waals surface area contributed by atoms with Crippen molar-refractivity contribution in [3.05, 3.63) is 46.3 Å². The van der Waals surface area contributed by atoms with Crippen molar-refractivity contribution in [2.75, 3.05) is 13.1 Å². The van der Waals surface area contributed by atoms with Crippen LogP contribution in [0.5, 0.6) is 5.88 Å². The number of pyridine rings is 1. The molecule has 3 rings (SSSR count). The summed E-state index contributed by atoms with van der Waals surface area (Å²) in [6, 6.07) is 7.25. The maximum Gasteiger partial charge on any atom is 0.227 e. The van der Waals surface area contributed by atoms with Crippen LogP contribution in [0.15, 0.2) is 35.2 Å². The molecule has 21 heavy (non-hydrogen) atoms. The number of nitriles is 1. The third-order valence-electron chi connectivity index (χ3n) is 3.29. The molecule has 6 heteroatoms. The van der Waals surface area contributed by atoms with Gasteiger partial charge in [-0.05, 0) is 28.5 Å². The Hall–Kier alpha value is -2.39. The van der Waals surface area contributed by atoms with Crippen LogP contribution in [0.25, 0.3) is 0 Å². The molecule has 5 nitrogen and oxygen atoms in total. The van der Waals surface area contributed by atoms with Crippen molar-refractivity contribution in [2.24, 2.45) is 0 Å². The van der Waals surface area contributed by atoms with E-state index in [4.69, 9.17) is 10.00 Å². The van der Waals surface area contributed by atoms with Gasteiger partial charge < -0.3 is 9.64 Å². The highest BCUT2D eigenvalue weighted by Crippen LogP contribution is 2.18. The first-order valence-electron chi connectivity index (χ1n) is 6.56. The molecule has 106 valence electrons. The van der Waals surface area contributed by atoms with Crippen molar-refractivity contribution < 1.29 is 9.53 Å². The summed E-state index contributed by atoms with van der Waals surface area (Å²) in [4.78, 5) is 17.8. The molecule has 0 bridgehead atoms. The molecule has 1 amide bonds. The van der Waals surface area contributed by atoms with Gasteiger partial charge in [0, 0.05) is 12.3 Å². The van der Waals surface area contributed by atoms with Crippen molar-refractivity contribution in [3.63, 3.8) is 0 Å². The SMILES string of the molecule is N#Cc1ccnc(OC2CN(C(=O)Cc3ccsc3)C2)c1. The summed E-state index contributed by atoms with van der Waals surface area (Å²) >= 11 is 1.59. The predicted octanol–water partition coefficient (Wildman–Crippen LogP) is 1.85. The molecular weight excluding hydrogens is 286 g/mol. The number of amides is 1. The maximum absolute atomic E-state index is 12.0. The highest BCUT2D eigenvalue weighted by atomic mass is 32.1. The molecule has 0 N–H and O–H groups in total. The standard InChI is InChI=1S/C15H13N3O2S/c16-7-11-1-3-17-14(5-11)20-13-8-18(9-13)15(19)6-12-2-4-21-10-12/h1-5,10,13H,6,8-9H2. The summed E-state index contributed by atoms with van der Waals surface area (Å²) in [6.45, 7) is 1.14. The molecule has 0 aliphatic carbocycles. The largest absolute Gasteiger partial charge is 0.471 e. The number of thiophene rings is 1. The first-order chi connectivity index (χ1) is 10.2. The maximum atomic E-state index is 12.0. The van der Waals surface area contributed by atoms with Crippen LogP contribution < -0.4 is 4.74 Å². The van der Waals surface area contributed by atoms with Crippen LogP contribution in [0.4, 0.5) is 0 Å². The molecule has 1 aliphatic rings. The number of carbonyl (C=O) groups is 1. The average Bonchev–Trinajstić information content (AvgIpc) is 2.95. The third-order valence-corrected chi connectivity index (χ3v) is 4.02. The molecular formula is C15H13N3O2S. The quantitative estimate of drug-likeness (QED) is 0.864. The van der Waals surface area contributed by atoms with Crippen LogP contribution in [0.3, 0.4) is 0 Å². The predicted molar refractivity (Wildman–Crippen MR) is 78.0 cm³/mol. The average molecular weight is 299 g/mol. The van der Waals surface area contributed by atoms with Gasteiger partial charge in [0.25, 0.3) is 0 Å². The second kappa shape index (κ2) is 5.94. The van der Waals surface area contributed by atoms with Gasteiger partial charge in [-0.15, -0.1) is 0 Å². The van der Waals surface area contributed by atoms with Crippen molar-refractivity contribution in [1.82, 2.24) is 9.88 Å². The second-order valence-corrected chi connectivity index (χ2v) is 5.62. The van der Waals surface area contributed by atoms with E-state index < -0.39 is 0 Å². The number of hydrogen-bond acceptors (Lipinski definition) is 5. The summed E-state index contributed by atoms with van der Waals surface area (Å²) in [5.41, 5.74) is 1.57. The van der Waals surface area contributed by atoms with E-state index in [0.29, 0.717) is 31.0 Å². The molecule has 0 radical (unpaired) electrons. The van der Waals surface area contributed by atoms with Crippen LogP contribution in [-0.2, 0) is 11.2 Å². The van der Waals surface area contributed by atoms with Crippen LogP contribution in [-0.4, -0.2) is 35.0 Å². The molecule has 0 aromatic carbocycles. The molecule has 0 atom stereocenters. The monoisotopic (exact) mass is 299 g/mol. The van der Waals surface area contributed by atoms with Gasteiger partial charge in [0.05, 0.1) is 31.1 Å². The first-order valence-corrected chi connectivity index (χ1v) is 7.50. The Kier molecular flexibility index (Phi) is 3.84. The molecule has 2 aromatic heterocycles. The molecule has 0 unspecified atom stereocenters. The van der Waals surface area contributed by atoms with Gasteiger partial charge >= 0.3 is 0 Å². The highest BCUT2D eigenvalue weighted by molar-refractivity contribution is 7.07. The minimum Gasteiger partial charge on any atom is -0.471 e. The van der Waals surface area contributed by atoms with Crippen LogP contribution in [0.2, 0.25) is 0 Å². The van der Waals surface area contributed by atoms with E-state index in [-0.39, 0.29) is 12.0 Å². The summed E-state index contributed by atoms with van der Waals surface area (Å²) in [6.07, 6.45) is 1.95. The fourth-order valence-corrected chi connectivity index (χ4v) is 2.78. The van der Waals surface area contributed by atoms with E-state index in [1.54, 1.807) is 34.6 Å². The lowest BCUT2D eigenvalue weighted by atomic mass is 10.1. The van der Waals surface area contributed by atoms with Crippen molar-refractivity contribution in [2.45, 2.75) is 12.5 Å². The summed E-state index contributed by atoms with van der Waals surface area (Å²) in [7, 11) is 0. The number of hydrogen-bond donors (Lipinski definition) is 0.